The molecule has 2 aliphatic rings. The Morgan fingerprint density at radius 3 is 2.56 bits per heavy atom. The Balaban J connectivity index is 1.70. The van der Waals surface area contributed by atoms with Gasteiger partial charge in [0, 0.05) is 44.0 Å². The highest BCUT2D eigenvalue weighted by Crippen LogP contribution is 2.29. The zero-order valence-corrected chi connectivity index (χ0v) is 20.3. The van der Waals surface area contributed by atoms with Gasteiger partial charge in [-0.1, -0.05) is 27.7 Å². The van der Waals surface area contributed by atoms with Crippen molar-refractivity contribution in [1.82, 2.24) is 5.32 Å². The zero-order chi connectivity index (χ0) is 23.1. The van der Waals surface area contributed by atoms with Crippen molar-refractivity contribution in [1.29, 1.82) is 0 Å². The Morgan fingerprint density at radius 2 is 1.91 bits per heavy atom. The summed E-state index contributed by atoms with van der Waals surface area (Å²) in [6, 6.07) is 5.74. The van der Waals surface area contributed by atoms with E-state index in [0.717, 1.165) is 57.5 Å². The molecular weight excluding hydrogens is 402 g/mol. The molecule has 2 aliphatic heterocycles. The largest absolute Gasteiger partial charge is 0.376 e. The molecule has 2 saturated heterocycles. The van der Waals surface area contributed by atoms with E-state index in [-0.39, 0.29) is 23.3 Å². The third kappa shape index (κ3) is 7.51. The number of carbonyl (C=O) groups is 2. The fraction of sp³-hybridized carbons (Fsp3) is 0.692. The highest BCUT2D eigenvalue weighted by atomic mass is 16.5. The van der Waals surface area contributed by atoms with Crippen molar-refractivity contribution in [3.8, 4) is 0 Å². The van der Waals surface area contributed by atoms with Crippen molar-refractivity contribution in [2.75, 3.05) is 36.5 Å². The Kier molecular flexibility index (Phi) is 8.57. The lowest BCUT2D eigenvalue weighted by Crippen LogP contribution is -2.35. The van der Waals surface area contributed by atoms with Crippen LogP contribution >= 0.6 is 0 Å². The van der Waals surface area contributed by atoms with Gasteiger partial charge in [-0.3, -0.25) is 9.59 Å². The molecule has 0 spiro atoms. The normalized spacial score (nSPS) is 20.1. The van der Waals surface area contributed by atoms with Crippen molar-refractivity contribution in [2.24, 2.45) is 11.3 Å². The van der Waals surface area contributed by atoms with Crippen LogP contribution < -0.4 is 15.5 Å². The minimum absolute atomic E-state index is 0.00168. The second-order valence-electron chi connectivity index (χ2n) is 10.7. The summed E-state index contributed by atoms with van der Waals surface area (Å²) in [6.07, 6.45) is 7.12. The molecule has 2 fully saturated rings. The predicted octanol–water partition coefficient (Wildman–Crippen LogP) is 4.99. The van der Waals surface area contributed by atoms with Gasteiger partial charge in [-0.05, 0) is 68.1 Å². The molecule has 3 rings (SSSR count). The number of carbonyl (C=O) groups excluding carboxylic acids is 2. The van der Waals surface area contributed by atoms with E-state index in [1.165, 1.54) is 6.42 Å². The Morgan fingerprint density at radius 1 is 1.16 bits per heavy atom. The fourth-order valence-corrected chi connectivity index (χ4v) is 4.96. The molecule has 2 N–H and O–H groups in total. The number of benzene rings is 1. The van der Waals surface area contributed by atoms with Gasteiger partial charge in [-0.25, -0.2) is 0 Å². The van der Waals surface area contributed by atoms with Crippen LogP contribution in [-0.2, 0) is 9.53 Å². The number of piperidine rings is 1. The first kappa shape index (κ1) is 24.6. The van der Waals surface area contributed by atoms with Gasteiger partial charge in [0.25, 0.3) is 5.91 Å². The number of anilines is 2. The molecule has 0 saturated carbocycles. The first-order valence-electron chi connectivity index (χ1n) is 12.3. The van der Waals surface area contributed by atoms with E-state index in [4.69, 9.17) is 4.74 Å². The van der Waals surface area contributed by atoms with Crippen LogP contribution in [0.1, 0.15) is 83.0 Å². The van der Waals surface area contributed by atoms with Gasteiger partial charge in [0.2, 0.25) is 5.91 Å². The van der Waals surface area contributed by atoms with Gasteiger partial charge in [0.15, 0.2) is 0 Å². The summed E-state index contributed by atoms with van der Waals surface area (Å²) in [7, 11) is 0. The Bertz CT molecular complexity index is 775. The lowest BCUT2D eigenvalue weighted by molar-refractivity contribution is -0.117. The minimum Gasteiger partial charge on any atom is -0.376 e. The Labute approximate surface area is 193 Å². The number of amides is 2. The molecule has 6 heteroatoms. The summed E-state index contributed by atoms with van der Waals surface area (Å²) in [5.74, 6) is 0.202. The lowest BCUT2D eigenvalue weighted by Gasteiger charge is -2.30. The first-order valence-corrected chi connectivity index (χ1v) is 12.3. The zero-order valence-electron chi connectivity index (χ0n) is 20.3. The van der Waals surface area contributed by atoms with E-state index >= 15 is 0 Å². The second-order valence-corrected chi connectivity index (χ2v) is 10.7. The number of rotatable bonds is 8. The summed E-state index contributed by atoms with van der Waals surface area (Å²) >= 11 is 0. The highest BCUT2D eigenvalue weighted by molar-refractivity contribution is 6.02. The number of ether oxygens (including phenoxy) is 1. The fourth-order valence-electron chi connectivity index (χ4n) is 4.96. The van der Waals surface area contributed by atoms with E-state index in [9.17, 15) is 9.59 Å². The number of nitrogens with one attached hydrogen (secondary N) is 2. The van der Waals surface area contributed by atoms with Crippen molar-refractivity contribution >= 4 is 23.2 Å². The standard InChI is InChI=1S/C26H41N3O3/c1-19(17-26(2,3)4)15-24(30)28-20-10-11-23(29-12-6-5-7-13-29)22(16-20)25(31)27-18-21-9-8-14-32-21/h10-11,16,19,21H,5-9,12-15,17-18H2,1-4H3,(H,27,31)(H,28,30). The van der Waals surface area contributed by atoms with Gasteiger partial charge < -0.3 is 20.3 Å². The van der Waals surface area contributed by atoms with E-state index in [1.54, 1.807) is 0 Å². The molecule has 2 amide bonds. The molecule has 32 heavy (non-hydrogen) atoms. The molecular formula is C26H41N3O3. The molecule has 0 aromatic heterocycles. The third-order valence-corrected chi connectivity index (χ3v) is 6.23. The first-order chi connectivity index (χ1) is 15.2. The molecule has 6 nitrogen and oxygen atoms in total. The van der Waals surface area contributed by atoms with Crippen LogP contribution in [0.4, 0.5) is 11.4 Å². The van der Waals surface area contributed by atoms with Crippen molar-refractivity contribution in [3.05, 3.63) is 23.8 Å². The summed E-state index contributed by atoms with van der Waals surface area (Å²) in [6.45, 7) is 11.9. The van der Waals surface area contributed by atoms with Crippen LogP contribution in [0.3, 0.4) is 0 Å². The van der Waals surface area contributed by atoms with Gasteiger partial charge in [-0.2, -0.15) is 0 Å². The van der Waals surface area contributed by atoms with Crippen LogP contribution in [0, 0.1) is 11.3 Å². The number of hydrogen-bond donors (Lipinski definition) is 2. The molecule has 2 heterocycles. The van der Waals surface area contributed by atoms with Crippen LogP contribution in [0.25, 0.3) is 0 Å². The monoisotopic (exact) mass is 443 g/mol. The second kappa shape index (κ2) is 11.2. The van der Waals surface area contributed by atoms with E-state index in [1.807, 2.05) is 18.2 Å². The molecule has 2 atom stereocenters. The van der Waals surface area contributed by atoms with E-state index in [2.05, 4.69) is 43.2 Å². The highest BCUT2D eigenvalue weighted by Gasteiger charge is 2.22. The van der Waals surface area contributed by atoms with E-state index in [0.29, 0.717) is 30.1 Å². The lowest BCUT2D eigenvalue weighted by atomic mass is 9.84. The number of nitrogens with zero attached hydrogens (tertiary/aromatic N) is 1. The van der Waals surface area contributed by atoms with Gasteiger partial charge in [-0.15, -0.1) is 0 Å². The topological polar surface area (TPSA) is 70.7 Å². The molecule has 0 aliphatic carbocycles. The van der Waals surface area contributed by atoms with Crippen molar-refractivity contribution < 1.29 is 14.3 Å². The van der Waals surface area contributed by atoms with Gasteiger partial charge in [0.1, 0.15) is 0 Å². The van der Waals surface area contributed by atoms with Crippen LogP contribution in [-0.4, -0.2) is 44.2 Å². The van der Waals surface area contributed by atoms with E-state index < -0.39 is 0 Å². The quantitative estimate of drug-likeness (QED) is 0.594. The molecule has 1 aromatic carbocycles. The maximum Gasteiger partial charge on any atom is 0.253 e. The molecule has 0 bridgehead atoms. The number of hydrogen-bond acceptors (Lipinski definition) is 4. The molecule has 2 unspecified atom stereocenters. The van der Waals surface area contributed by atoms with Crippen molar-refractivity contribution in [2.45, 2.75) is 78.7 Å². The average molecular weight is 444 g/mol. The SMILES string of the molecule is CC(CC(=O)Nc1ccc(N2CCCCC2)c(C(=O)NCC2CCCO2)c1)CC(C)(C)C. The summed E-state index contributed by atoms with van der Waals surface area (Å²) in [5.41, 5.74) is 2.46. The van der Waals surface area contributed by atoms with Gasteiger partial charge in [0.05, 0.1) is 11.7 Å². The van der Waals surface area contributed by atoms with Crippen LogP contribution in [0.2, 0.25) is 0 Å². The smallest absolute Gasteiger partial charge is 0.253 e. The van der Waals surface area contributed by atoms with Crippen LogP contribution in [0.5, 0.6) is 0 Å². The van der Waals surface area contributed by atoms with Gasteiger partial charge >= 0.3 is 0 Å². The third-order valence-electron chi connectivity index (χ3n) is 6.23. The molecule has 0 radical (unpaired) electrons. The van der Waals surface area contributed by atoms with Crippen LogP contribution in [0.15, 0.2) is 18.2 Å². The summed E-state index contributed by atoms with van der Waals surface area (Å²) in [5, 5.41) is 6.07. The maximum atomic E-state index is 13.1. The summed E-state index contributed by atoms with van der Waals surface area (Å²) in [4.78, 5) is 28.1. The minimum atomic E-state index is -0.0988. The predicted molar refractivity (Wildman–Crippen MR) is 130 cm³/mol. The van der Waals surface area contributed by atoms with Crippen molar-refractivity contribution in [3.63, 3.8) is 0 Å². The molecule has 178 valence electrons. The molecule has 1 aromatic rings. The maximum absolute atomic E-state index is 13.1. The summed E-state index contributed by atoms with van der Waals surface area (Å²) < 4.78 is 5.65. The Hall–Kier alpha value is -2.08. The average Bonchev–Trinajstić information content (AvgIpc) is 3.24.